The zero-order valence-electron chi connectivity index (χ0n) is 8.14. The van der Waals surface area contributed by atoms with E-state index < -0.39 is 5.97 Å². The van der Waals surface area contributed by atoms with Crippen molar-refractivity contribution in [1.29, 1.82) is 0 Å². The van der Waals surface area contributed by atoms with Crippen LogP contribution in [-0.2, 0) is 4.79 Å². The van der Waals surface area contributed by atoms with Crippen molar-refractivity contribution in [3.8, 4) is 0 Å². The fourth-order valence-corrected chi connectivity index (χ4v) is 2.13. The molecule has 0 bridgehead atoms. The van der Waals surface area contributed by atoms with Gasteiger partial charge in [-0.2, -0.15) is 0 Å². The largest absolute Gasteiger partial charge is 0.481 e. The minimum atomic E-state index is -0.717. The summed E-state index contributed by atoms with van der Waals surface area (Å²) in [5.74, 6) is -0.717. The van der Waals surface area contributed by atoms with Crippen molar-refractivity contribution in [2.45, 2.75) is 29.9 Å². The van der Waals surface area contributed by atoms with Crippen LogP contribution in [0.25, 0.3) is 0 Å². The van der Waals surface area contributed by atoms with E-state index in [1.165, 1.54) is 4.90 Å². The third-order valence-corrected chi connectivity index (χ3v) is 3.03. The van der Waals surface area contributed by atoms with Crippen LogP contribution in [0.3, 0.4) is 0 Å². The Bertz CT molecular complexity index is 285. The number of aliphatic carboxylic acids is 1. The maximum atomic E-state index is 10.3. The van der Waals surface area contributed by atoms with Crippen LogP contribution in [0.5, 0.6) is 0 Å². The quantitative estimate of drug-likeness (QED) is 0.759. The highest BCUT2D eigenvalue weighted by Crippen LogP contribution is 2.25. The molecule has 1 rings (SSSR count). The molecular weight excluding hydrogens is 196 g/mol. The van der Waals surface area contributed by atoms with Gasteiger partial charge in [-0.15, -0.1) is 11.8 Å². The summed E-state index contributed by atoms with van der Waals surface area (Å²) >= 11 is 1.72. The summed E-state index contributed by atoms with van der Waals surface area (Å²) < 4.78 is 0. The van der Waals surface area contributed by atoms with Crippen LogP contribution in [0.2, 0.25) is 0 Å². The van der Waals surface area contributed by atoms with Gasteiger partial charge in [-0.25, -0.2) is 0 Å². The van der Waals surface area contributed by atoms with Gasteiger partial charge in [0, 0.05) is 16.6 Å². The van der Waals surface area contributed by atoms with Gasteiger partial charge in [-0.1, -0.05) is 25.1 Å². The molecule has 0 aromatic heterocycles. The van der Waals surface area contributed by atoms with Crippen LogP contribution < -0.4 is 0 Å². The fourth-order valence-electron chi connectivity index (χ4n) is 1.12. The van der Waals surface area contributed by atoms with E-state index >= 15 is 0 Å². The van der Waals surface area contributed by atoms with Gasteiger partial charge < -0.3 is 5.11 Å². The Labute approximate surface area is 88.3 Å². The van der Waals surface area contributed by atoms with Gasteiger partial charge in [-0.05, 0) is 18.6 Å². The molecule has 1 aromatic carbocycles. The van der Waals surface area contributed by atoms with E-state index in [2.05, 4.69) is 6.92 Å². The molecule has 0 saturated carbocycles. The SMILES string of the molecule is CC(CCC(=O)O)Sc1ccccc1. The number of rotatable bonds is 5. The average molecular weight is 210 g/mol. The number of hydrogen-bond donors (Lipinski definition) is 1. The molecule has 0 spiro atoms. The second-order valence-electron chi connectivity index (χ2n) is 3.17. The maximum Gasteiger partial charge on any atom is 0.303 e. The first kappa shape index (κ1) is 11.1. The minimum Gasteiger partial charge on any atom is -0.481 e. The Morgan fingerprint density at radius 1 is 1.43 bits per heavy atom. The number of carboxylic acid groups (broad SMARTS) is 1. The van der Waals surface area contributed by atoms with E-state index in [0.717, 1.165) is 6.42 Å². The Kier molecular flexibility index (Phi) is 4.53. The smallest absolute Gasteiger partial charge is 0.303 e. The zero-order chi connectivity index (χ0) is 10.4. The molecule has 1 unspecified atom stereocenters. The molecule has 0 heterocycles. The molecule has 0 fully saturated rings. The molecule has 0 amide bonds. The van der Waals surface area contributed by atoms with Crippen molar-refractivity contribution in [1.82, 2.24) is 0 Å². The van der Waals surface area contributed by atoms with E-state index in [-0.39, 0.29) is 6.42 Å². The number of thioether (sulfide) groups is 1. The molecule has 1 aromatic rings. The van der Waals surface area contributed by atoms with Crippen LogP contribution in [0.1, 0.15) is 19.8 Å². The summed E-state index contributed by atoms with van der Waals surface area (Å²) in [6.45, 7) is 2.06. The summed E-state index contributed by atoms with van der Waals surface area (Å²) in [5, 5.41) is 8.87. The lowest BCUT2D eigenvalue weighted by Gasteiger charge is -2.08. The van der Waals surface area contributed by atoms with Gasteiger partial charge >= 0.3 is 5.97 Å². The highest BCUT2D eigenvalue weighted by Gasteiger charge is 2.06. The van der Waals surface area contributed by atoms with E-state index in [1.807, 2.05) is 30.3 Å². The third-order valence-electron chi connectivity index (χ3n) is 1.85. The number of benzene rings is 1. The van der Waals surface area contributed by atoms with E-state index in [4.69, 9.17) is 5.11 Å². The zero-order valence-corrected chi connectivity index (χ0v) is 8.96. The first-order valence-corrected chi connectivity index (χ1v) is 5.50. The number of carbonyl (C=O) groups is 1. The molecular formula is C11H14O2S. The summed E-state index contributed by atoms with van der Waals surface area (Å²) in [5.41, 5.74) is 0. The monoisotopic (exact) mass is 210 g/mol. The molecule has 0 aliphatic carbocycles. The topological polar surface area (TPSA) is 37.3 Å². The second-order valence-corrected chi connectivity index (χ2v) is 4.69. The van der Waals surface area contributed by atoms with Gasteiger partial charge in [-0.3, -0.25) is 4.79 Å². The number of carboxylic acids is 1. The summed E-state index contributed by atoms with van der Waals surface area (Å²) in [7, 11) is 0. The molecule has 1 N–H and O–H groups in total. The van der Waals surface area contributed by atoms with Crippen molar-refractivity contribution in [2.24, 2.45) is 0 Å². The van der Waals surface area contributed by atoms with E-state index in [0.29, 0.717) is 5.25 Å². The highest BCUT2D eigenvalue weighted by atomic mass is 32.2. The Morgan fingerprint density at radius 3 is 2.64 bits per heavy atom. The predicted octanol–water partition coefficient (Wildman–Crippen LogP) is 3.03. The van der Waals surface area contributed by atoms with Crippen molar-refractivity contribution < 1.29 is 9.90 Å². The van der Waals surface area contributed by atoms with Gasteiger partial charge in [0.2, 0.25) is 0 Å². The van der Waals surface area contributed by atoms with Crippen LogP contribution in [0, 0.1) is 0 Å². The van der Waals surface area contributed by atoms with Crippen molar-refractivity contribution in [3.05, 3.63) is 30.3 Å². The lowest BCUT2D eigenvalue weighted by molar-refractivity contribution is -0.137. The van der Waals surface area contributed by atoms with Crippen molar-refractivity contribution in [3.63, 3.8) is 0 Å². The molecule has 0 aliphatic rings. The second kappa shape index (κ2) is 5.70. The standard InChI is InChI=1S/C11H14O2S/c1-9(7-8-11(12)13)14-10-5-3-2-4-6-10/h2-6,9H,7-8H2,1H3,(H,12,13). The fraction of sp³-hybridized carbons (Fsp3) is 0.364. The van der Waals surface area contributed by atoms with Gasteiger partial charge in [0.1, 0.15) is 0 Å². The molecule has 1 atom stereocenters. The summed E-state index contributed by atoms with van der Waals surface area (Å²) in [6.07, 6.45) is 0.968. The van der Waals surface area contributed by atoms with Gasteiger partial charge in [0.15, 0.2) is 0 Å². The first-order valence-electron chi connectivity index (χ1n) is 4.62. The molecule has 0 radical (unpaired) electrons. The predicted molar refractivity (Wildman–Crippen MR) is 58.6 cm³/mol. The van der Waals surface area contributed by atoms with Crippen LogP contribution in [0.15, 0.2) is 35.2 Å². The Hall–Kier alpha value is -0.960. The minimum absolute atomic E-state index is 0.251. The van der Waals surface area contributed by atoms with Crippen molar-refractivity contribution in [2.75, 3.05) is 0 Å². The molecule has 76 valence electrons. The lowest BCUT2D eigenvalue weighted by Crippen LogP contribution is -2.01. The number of hydrogen-bond acceptors (Lipinski definition) is 2. The Morgan fingerprint density at radius 2 is 2.07 bits per heavy atom. The van der Waals surface area contributed by atoms with Crippen LogP contribution >= 0.6 is 11.8 Å². The summed E-state index contributed by atoms with van der Waals surface area (Å²) in [6, 6.07) is 10.0. The lowest BCUT2D eigenvalue weighted by atomic mass is 10.2. The van der Waals surface area contributed by atoms with Crippen molar-refractivity contribution >= 4 is 17.7 Å². The van der Waals surface area contributed by atoms with E-state index in [1.54, 1.807) is 11.8 Å². The molecule has 14 heavy (non-hydrogen) atoms. The van der Waals surface area contributed by atoms with E-state index in [9.17, 15) is 4.79 Å². The normalized spacial score (nSPS) is 12.4. The molecule has 2 nitrogen and oxygen atoms in total. The van der Waals surface area contributed by atoms with Gasteiger partial charge in [0.25, 0.3) is 0 Å². The average Bonchev–Trinajstić information content (AvgIpc) is 2.16. The molecule has 0 aliphatic heterocycles. The Balaban J connectivity index is 2.34. The maximum absolute atomic E-state index is 10.3. The van der Waals surface area contributed by atoms with Gasteiger partial charge in [0.05, 0.1) is 0 Å². The highest BCUT2D eigenvalue weighted by molar-refractivity contribution is 7.99. The molecule has 3 heteroatoms. The summed E-state index contributed by atoms with van der Waals surface area (Å²) in [4.78, 5) is 11.5. The van der Waals surface area contributed by atoms with Crippen LogP contribution in [0.4, 0.5) is 0 Å². The molecule has 0 saturated heterocycles. The first-order chi connectivity index (χ1) is 6.68. The van der Waals surface area contributed by atoms with Crippen LogP contribution in [-0.4, -0.2) is 16.3 Å². The third kappa shape index (κ3) is 4.33.